The van der Waals surface area contributed by atoms with E-state index >= 15 is 0 Å². The summed E-state index contributed by atoms with van der Waals surface area (Å²) in [5, 5.41) is 13.4. The summed E-state index contributed by atoms with van der Waals surface area (Å²) >= 11 is 5.97. The van der Waals surface area contributed by atoms with Crippen LogP contribution in [0.1, 0.15) is 28.9 Å². The minimum absolute atomic E-state index is 0.134. The molecule has 30 heavy (non-hydrogen) atoms. The van der Waals surface area contributed by atoms with E-state index in [-0.39, 0.29) is 29.3 Å². The van der Waals surface area contributed by atoms with Crippen molar-refractivity contribution < 1.29 is 19.5 Å². The van der Waals surface area contributed by atoms with Crippen LogP contribution in [0.5, 0.6) is 0 Å². The van der Waals surface area contributed by atoms with E-state index in [1.165, 1.54) is 11.8 Å². The maximum Gasteiger partial charge on any atom is 0.310 e. The maximum atomic E-state index is 13.2. The van der Waals surface area contributed by atoms with Gasteiger partial charge in [0, 0.05) is 24.4 Å². The molecule has 1 aliphatic heterocycles. The standard InChI is InChI=1S/C21H17ClN4O4/c1-11(27)23-10-15(21(29)30)18-13-4-2-3-5-14(13)20(28)26(18)17-9-7-12-6-8-16(22)24-19(12)25-17/h2-9,15,18H,10H2,1H3,(H,23,27)(H,29,30). The fourth-order valence-electron chi connectivity index (χ4n) is 3.68. The monoisotopic (exact) mass is 424 g/mol. The van der Waals surface area contributed by atoms with Crippen LogP contribution in [-0.2, 0) is 9.59 Å². The average Bonchev–Trinajstić information content (AvgIpc) is 3.00. The fraction of sp³-hybridized carbons (Fsp3) is 0.190. The number of amides is 2. The van der Waals surface area contributed by atoms with Crippen LogP contribution in [0.15, 0.2) is 48.5 Å². The number of halogens is 1. The van der Waals surface area contributed by atoms with Crippen molar-refractivity contribution in [3.05, 3.63) is 64.8 Å². The molecule has 8 nitrogen and oxygen atoms in total. The van der Waals surface area contributed by atoms with Gasteiger partial charge in [-0.15, -0.1) is 0 Å². The van der Waals surface area contributed by atoms with Crippen molar-refractivity contribution in [2.24, 2.45) is 5.92 Å². The third kappa shape index (κ3) is 3.46. The molecule has 0 bridgehead atoms. The Morgan fingerprint density at radius 3 is 2.63 bits per heavy atom. The van der Waals surface area contributed by atoms with Crippen molar-refractivity contribution in [3.8, 4) is 0 Å². The van der Waals surface area contributed by atoms with Crippen molar-refractivity contribution in [1.29, 1.82) is 0 Å². The van der Waals surface area contributed by atoms with Gasteiger partial charge in [-0.05, 0) is 35.9 Å². The number of carbonyl (C=O) groups is 3. The Morgan fingerprint density at radius 1 is 1.17 bits per heavy atom. The number of anilines is 1. The first-order valence-corrected chi connectivity index (χ1v) is 9.57. The molecule has 9 heteroatoms. The van der Waals surface area contributed by atoms with E-state index in [0.29, 0.717) is 16.8 Å². The smallest absolute Gasteiger partial charge is 0.310 e. The van der Waals surface area contributed by atoms with Crippen LogP contribution in [-0.4, -0.2) is 39.4 Å². The van der Waals surface area contributed by atoms with Gasteiger partial charge >= 0.3 is 5.97 Å². The molecule has 2 aromatic heterocycles. The number of carbonyl (C=O) groups excluding carboxylic acids is 2. The molecule has 2 unspecified atom stereocenters. The van der Waals surface area contributed by atoms with E-state index in [1.54, 1.807) is 48.5 Å². The number of carboxylic acids is 1. The Morgan fingerprint density at radius 2 is 1.90 bits per heavy atom. The number of pyridine rings is 2. The van der Waals surface area contributed by atoms with E-state index in [2.05, 4.69) is 15.3 Å². The van der Waals surface area contributed by atoms with Gasteiger partial charge < -0.3 is 10.4 Å². The minimum atomic E-state index is -1.13. The molecule has 0 radical (unpaired) electrons. The SMILES string of the molecule is CC(=O)NCC(C(=O)O)C1c2ccccc2C(=O)N1c1ccc2ccc(Cl)nc2n1. The van der Waals surface area contributed by atoms with Gasteiger partial charge in [0.1, 0.15) is 11.0 Å². The molecule has 152 valence electrons. The van der Waals surface area contributed by atoms with Crippen LogP contribution in [0.25, 0.3) is 11.0 Å². The second kappa shape index (κ2) is 7.72. The molecule has 4 rings (SSSR count). The third-order valence-corrected chi connectivity index (χ3v) is 5.24. The number of benzene rings is 1. The Kier molecular flexibility index (Phi) is 5.09. The lowest BCUT2D eigenvalue weighted by molar-refractivity contribution is -0.142. The van der Waals surface area contributed by atoms with Crippen molar-refractivity contribution in [2.75, 3.05) is 11.4 Å². The van der Waals surface area contributed by atoms with Gasteiger partial charge in [0.05, 0.1) is 12.0 Å². The molecule has 1 aromatic carbocycles. The first-order chi connectivity index (χ1) is 14.4. The lowest BCUT2D eigenvalue weighted by Gasteiger charge is -2.29. The zero-order valence-corrected chi connectivity index (χ0v) is 16.6. The molecule has 0 saturated carbocycles. The summed E-state index contributed by atoms with van der Waals surface area (Å²) in [6.07, 6.45) is 0. The molecule has 0 spiro atoms. The quantitative estimate of drug-likeness (QED) is 0.609. The number of carboxylic acid groups (broad SMARTS) is 1. The van der Waals surface area contributed by atoms with Crippen LogP contribution >= 0.6 is 11.6 Å². The van der Waals surface area contributed by atoms with Crippen LogP contribution in [0.4, 0.5) is 5.82 Å². The molecular weight excluding hydrogens is 408 g/mol. The maximum absolute atomic E-state index is 13.2. The van der Waals surface area contributed by atoms with Crippen molar-refractivity contribution in [3.63, 3.8) is 0 Å². The topological polar surface area (TPSA) is 112 Å². The van der Waals surface area contributed by atoms with Crippen LogP contribution in [0.3, 0.4) is 0 Å². The lowest BCUT2D eigenvalue weighted by Crippen LogP contribution is -2.41. The Labute approximate surface area is 176 Å². The highest BCUT2D eigenvalue weighted by molar-refractivity contribution is 6.29. The summed E-state index contributed by atoms with van der Waals surface area (Å²) in [6, 6.07) is 12.8. The highest BCUT2D eigenvalue weighted by Crippen LogP contribution is 2.41. The summed E-state index contributed by atoms with van der Waals surface area (Å²) in [4.78, 5) is 46.8. The van der Waals surface area contributed by atoms with Crippen LogP contribution in [0.2, 0.25) is 5.15 Å². The fourth-order valence-corrected chi connectivity index (χ4v) is 3.82. The minimum Gasteiger partial charge on any atom is -0.481 e. The number of rotatable bonds is 5. The van der Waals surface area contributed by atoms with Gasteiger partial charge in [-0.2, -0.15) is 0 Å². The van der Waals surface area contributed by atoms with Crippen molar-refractivity contribution in [1.82, 2.24) is 15.3 Å². The number of nitrogens with one attached hydrogen (secondary N) is 1. The lowest BCUT2D eigenvalue weighted by atomic mass is 9.92. The second-order valence-electron chi connectivity index (χ2n) is 6.94. The third-order valence-electron chi connectivity index (χ3n) is 5.03. The van der Waals surface area contributed by atoms with Gasteiger partial charge in [0.2, 0.25) is 5.91 Å². The predicted octanol–water partition coefficient (Wildman–Crippen LogP) is 2.82. The molecule has 0 aliphatic carbocycles. The number of hydrogen-bond donors (Lipinski definition) is 2. The van der Waals surface area contributed by atoms with E-state index in [1.807, 2.05) is 0 Å². The summed E-state index contributed by atoms with van der Waals surface area (Å²) in [5.74, 6) is -2.67. The van der Waals surface area contributed by atoms with Crippen LogP contribution < -0.4 is 10.2 Å². The molecule has 2 amide bonds. The van der Waals surface area contributed by atoms with Gasteiger partial charge in [-0.25, -0.2) is 9.97 Å². The van der Waals surface area contributed by atoms with Crippen molar-refractivity contribution >= 4 is 46.2 Å². The highest BCUT2D eigenvalue weighted by Gasteiger charge is 2.45. The number of hydrogen-bond acceptors (Lipinski definition) is 5. The second-order valence-corrected chi connectivity index (χ2v) is 7.33. The number of aromatic nitrogens is 2. The zero-order chi connectivity index (χ0) is 21.4. The predicted molar refractivity (Wildman–Crippen MR) is 110 cm³/mol. The van der Waals surface area contributed by atoms with Crippen molar-refractivity contribution in [2.45, 2.75) is 13.0 Å². The summed E-state index contributed by atoms with van der Waals surface area (Å²) in [6.45, 7) is 1.18. The van der Waals surface area contributed by atoms with E-state index < -0.39 is 17.9 Å². The van der Waals surface area contributed by atoms with Gasteiger partial charge in [-0.1, -0.05) is 29.8 Å². The normalized spacial score (nSPS) is 16.4. The van der Waals surface area contributed by atoms with Gasteiger partial charge in [0.15, 0.2) is 5.65 Å². The van der Waals surface area contributed by atoms with E-state index in [0.717, 1.165) is 5.39 Å². The first-order valence-electron chi connectivity index (χ1n) is 9.20. The summed E-state index contributed by atoms with van der Waals surface area (Å²) in [7, 11) is 0. The number of fused-ring (bicyclic) bond motifs is 2. The molecule has 3 heterocycles. The molecule has 2 N–H and O–H groups in total. The Hall–Kier alpha value is -3.52. The molecule has 0 fully saturated rings. The van der Waals surface area contributed by atoms with Gasteiger partial charge in [0.25, 0.3) is 5.91 Å². The molecule has 0 saturated heterocycles. The van der Waals surface area contributed by atoms with Crippen LogP contribution in [0, 0.1) is 5.92 Å². The molecular formula is C21H17ClN4O4. The number of nitrogens with zero attached hydrogens (tertiary/aromatic N) is 3. The zero-order valence-electron chi connectivity index (χ0n) is 15.9. The molecule has 2 atom stereocenters. The first kappa shape index (κ1) is 19.8. The molecule has 1 aliphatic rings. The average molecular weight is 425 g/mol. The van der Waals surface area contributed by atoms with E-state index in [4.69, 9.17) is 11.6 Å². The Balaban J connectivity index is 1.85. The summed E-state index contributed by atoms with van der Waals surface area (Å²) in [5.41, 5.74) is 1.31. The van der Waals surface area contributed by atoms with E-state index in [9.17, 15) is 19.5 Å². The molecule has 3 aromatic rings. The Bertz CT molecular complexity index is 1180. The highest BCUT2D eigenvalue weighted by atomic mass is 35.5. The summed E-state index contributed by atoms with van der Waals surface area (Å²) < 4.78 is 0. The number of aliphatic carboxylic acids is 1. The van der Waals surface area contributed by atoms with Gasteiger partial charge in [-0.3, -0.25) is 19.3 Å². The largest absolute Gasteiger partial charge is 0.481 e.